The van der Waals surface area contributed by atoms with Crippen LogP contribution in [0.3, 0.4) is 0 Å². The molecule has 3 rings (SSSR count). The molecule has 0 aliphatic carbocycles. The van der Waals surface area contributed by atoms with Gasteiger partial charge in [-0.2, -0.15) is 0 Å². The van der Waals surface area contributed by atoms with Crippen LogP contribution in [-0.2, 0) is 6.54 Å². The molecule has 1 atom stereocenters. The molecule has 0 bridgehead atoms. The van der Waals surface area contributed by atoms with Crippen molar-refractivity contribution in [3.8, 4) is 5.75 Å². The fourth-order valence-electron chi connectivity index (χ4n) is 3.03. The molecular weight excluding hydrogens is 280 g/mol. The minimum absolute atomic E-state index is 0.0651. The molecule has 0 saturated carbocycles. The molecule has 0 aromatic carbocycles. The van der Waals surface area contributed by atoms with Crippen LogP contribution in [0.15, 0.2) is 30.7 Å². The van der Waals surface area contributed by atoms with E-state index in [1.54, 1.807) is 11.0 Å². The summed E-state index contributed by atoms with van der Waals surface area (Å²) in [6.07, 6.45) is 7.26. The van der Waals surface area contributed by atoms with Gasteiger partial charge in [-0.05, 0) is 31.9 Å². The van der Waals surface area contributed by atoms with E-state index in [4.69, 9.17) is 0 Å². The molecule has 0 radical (unpaired) electrons. The van der Waals surface area contributed by atoms with Crippen molar-refractivity contribution < 1.29 is 9.90 Å². The molecule has 1 saturated heterocycles. The molecule has 1 amide bonds. The van der Waals surface area contributed by atoms with Crippen LogP contribution in [0.2, 0.25) is 0 Å². The lowest BCUT2D eigenvalue weighted by Gasteiger charge is -2.32. The summed E-state index contributed by atoms with van der Waals surface area (Å²) in [6.45, 7) is 4.27. The van der Waals surface area contributed by atoms with Gasteiger partial charge in [0.15, 0.2) is 5.69 Å². The van der Waals surface area contributed by atoms with E-state index in [2.05, 4.69) is 21.5 Å². The lowest BCUT2D eigenvalue weighted by atomic mass is 9.96. The SMILES string of the molecule is CCn1ccnc1[C@H]1CCCN(C(=O)c2ncccc2O)C1. The number of imidazole rings is 1. The number of aryl methyl sites for hydroxylation is 1. The number of aromatic nitrogens is 3. The molecule has 1 fully saturated rings. The fraction of sp³-hybridized carbons (Fsp3) is 0.438. The Morgan fingerprint density at radius 2 is 2.27 bits per heavy atom. The summed E-state index contributed by atoms with van der Waals surface area (Å²) in [5, 5.41) is 9.82. The Hall–Kier alpha value is -2.37. The van der Waals surface area contributed by atoms with Crippen molar-refractivity contribution in [1.29, 1.82) is 0 Å². The number of amides is 1. The highest BCUT2D eigenvalue weighted by Gasteiger charge is 2.29. The number of hydrogen-bond donors (Lipinski definition) is 1. The van der Waals surface area contributed by atoms with Crippen LogP contribution in [0.25, 0.3) is 0 Å². The Morgan fingerprint density at radius 3 is 3.05 bits per heavy atom. The molecule has 0 unspecified atom stereocenters. The van der Waals surface area contributed by atoms with E-state index >= 15 is 0 Å². The van der Waals surface area contributed by atoms with Crippen molar-refractivity contribution in [1.82, 2.24) is 19.4 Å². The first-order valence-electron chi connectivity index (χ1n) is 7.65. The van der Waals surface area contributed by atoms with Crippen LogP contribution in [0.4, 0.5) is 0 Å². The quantitative estimate of drug-likeness (QED) is 0.941. The summed E-state index contributed by atoms with van der Waals surface area (Å²) in [5.41, 5.74) is 0.127. The number of rotatable bonds is 3. The number of likely N-dealkylation sites (tertiary alicyclic amines) is 1. The first-order chi connectivity index (χ1) is 10.7. The second-order valence-electron chi connectivity index (χ2n) is 5.53. The number of carbonyl (C=O) groups is 1. The number of hydrogen-bond acceptors (Lipinski definition) is 4. The molecule has 0 spiro atoms. The van der Waals surface area contributed by atoms with E-state index in [1.165, 1.54) is 12.3 Å². The number of nitrogens with zero attached hydrogens (tertiary/aromatic N) is 4. The van der Waals surface area contributed by atoms with Gasteiger partial charge in [-0.25, -0.2) is 9.97 Å². The monoisotopic (exact) mass is 300 g/mol. The van der Waals surface area contributed by atoms with Gasteiger partial charge in [0, 0.05) is 44.1 Å². The summed E-state index contributed by atoms with van der Waals surface area (Å²) in [4.78, 5) is 22.8. The molecule has 1 aliphatic rings. The molecule has 2 aromatic heterocycles. The normalized spacial score (nSPS) is 18.4. The molecule has 3 heterocycles. The zero-order valence-electron chi connectivity index (χ0n) is 12.6. The predicted octanol–water partition coefficient (Wildman–Crippen LogP) is 2.02. The van der Waals surface area contributed by atoms with E-state index in [0.29, 0.717) is 13.1 Å². The Labute approximate surface area is 129 Å². The van der Waals surface area contributed by atoms with Crippen molar-refractivity contribution in [2.75, 3.05) is 13.1 Å². The van der Waals surface area contributed by atoms with Gasteiger partial charge in [-0.3, -0.25) is 4.79 Å². The van der Waals surface area contributed by atoms with Gasteiger partial charge >= 0.3 is 0 Å². The van der Waals surface area contributed by atoms with Crippen molar-refractivity contribution >= 4 is 5.91 Å². The Balaban J connectivity index is 1.79. The molecule has 1 aliphatic heterocycles. The van der Waals surface area contributed by atoms with E-state index in [0.717, 1.165) is 25.2 Å². The molecule has 22 heavy (non-hydrogen) atoms. The fourth-order valence-corrected chi connectivity index (χ4v) is 3.03. The van der Waals surface area contributed by atoms with Crippen LogP contribution in [0.5, 0.6) is 5.75 Å². The highest BCUT2D eigenvalue weighted by atomic mass is 16.3. The maximum Gasteiger partial charge on any atom is 0.276 e. The van der Waals surface area contributed by atoms with Crippen LogP contribution in [0, 0.1) is 0 Å². The van der Waals surface area contributed by atoms with E-state index in [1.807, 2.05) is 12.4 Å². The third-order valence-electron chi connectivity index (χ3n) is 4.15. The van der Waals surface area contributed by atoms with Gasteiger partial charge in [-0.1, -0.05) is 0 Å². The third-order valence-corrected chi connectivity index (χ3v) is 4.15. The third kappa shape index (κ3) is 2.68. The summed E-state index contributed by atoms with van der Waals surface area (Å²) in [6, 6.07) is 3.11. The largest absolute Gasteiger partial charge is 0.505 e. The van der Waals surface area contributed by atoms with Gasteiger partial charge in [-0.15, -0.1) is 0 Å². The first-order valence-corrected chi connectivity index (χ1v) is 7.65. The van der Waals surface area contributed by atoms with Crippen LogP contribution >= 0.6 is 0 Å². The number of piperidine rings is 1. The number of aromatic hydroxyl groups is 1. The van der Waals surface area contributed by atoms with Crippen molar-refractivity contribution in [3.05, 3.63) is 42.2 Å². The van der Waals surface area contributed by atoms with E-state index in [9.17, 15) is 9.90 Å². The average molecular weight is 300 g/mol. The van der Waals surface area contributed by atoms with Gasteiger partial charge < -0.3 is 14.6 Å². The first kappa shape index (κ1) is 14.6. The maximum absolute atomic E-state index is 12.6. The van der Waals surface area contributed by atoms with Gasteiger partial charge in [0.1, 0.15) is 11.6 Å². The van der Waals surface area contributed by atoms with Crippen molar-refractivity contribution in [2.45, 2.75) is 32.2 Å². The Kier molecular flexibility index (Phi) is 4.09. The molecule has 6 nitrogen and oxygen atoms in total. The Bertz CT molecular complexity index is 668. The second kappa shape index (κ2) is 6.17. The minimum Gasteiger partial charge on any atom is -0.505 e. The zero-order chi connectivity index (χ0) is 15.5. The molecule has 6 heteroatoms. The summed E-state index contributed by atoms with van der Waals surface area (Å²) in [5.74, 6) is 0.992. The molecule has 116 valence electrons. The second-order valence-corrected chi connectivity index (χ2v) is 5.53. The zero-order valence-corrected chi connectivity index (χ0v) is 12.6. The standard InChI is InChI=1S/C16H20N4O2/c1-2-19-10-8-18-15(19)12-5-4-9-20(11-12)16(22)14-13(21)6-3-7-17-14/h3,6-8,10,12,21H,2,4-5,9,11H2,1H3/t12-/m0/s1. The summed E-state index contributed by atoms with van der Waals surface area (Å²) < 4.78 is 2.12. The maximum atomic E-state index is 12.6. The molecular formula is C16H20N4O2. The van der Waals surface area contributed by atoms with Crippen molar-refractivity contribution in [3.63, 3.8) is 0 Å². The van der Waals surface area contributed by atoms with Gasteiger partial charge in [0.05, 0.1) is 0 Å². The Morgan fingerprint density at radius 1 is 1.41 bits per heavy atom. The highest BCUT2D eigenvalue weighted by molar-refractivity contribution is 5.94. The average Bonchev–Trinajstić information content (AvgIpc) is 3.03. The van der Waals surface area contributed by atoms with E-state index < -0.39 is 0 Å². The van der Waals surface area contributed by atoms with Crippen LogP contribution < -0.4 is 0 Å². The molecule has 1 N–H and O–H groups in total. The van der Waals surface area contributed by atoms with Gasteiger partial charge in [0.2, 0.25) is 0 Å². The lowest BCUT2D eigenvalue weighted by Crippen LogP contribution is -2.40. The van der Waals surface area contributed by atoms with E-state index in [-0.39, 0.29) is 23.3 Å². The summed E-state index contributed by atoms with van der Waals surface area (Å²) in [7, 11) is 0. The van der Waals surface area contributed by atoms with Crippen LogP contribution in [-0.4, -0.2) is 43.5 Å². The lowest BCUT2D eigenvalue weighted by molar-refractivity contribution is 0.0694. The van der Waals surface area contributed by atoms with Crippen LogP contribution in [0.1, 0.15) is 42.0 Å². The smallest absolute Gasteiger partial charge is 0.276 e. The number of pyridine rings is 1. The summed E-state index contributed by atoms with van der Waals surface area (Å²) >= 11 is 0. The van der Waals surface area contributed by atoms with Gasteiger partial charge in [0.25, 0.3) is 5.91 Å². The highest BCUT2D eigenvalue weighted by Crippen LogP contribution is 2.27. The minimum atomic E-state index is -0.211. The van der Waals surface area contributed by atoms with Crippen molar-refractivity contribution in [2.24, 2.45) is 0 Å². The topological polar surface area (TPSA) is 71.2 Å². The predicted molar refractivity (Wildman–Crippen MR) is 81.7 cm³/mol. The molecule has 2 aromatic rings. The number of carbonyl (C=O) groups excluding carboxylic acids is 1.